The minimum absolute atomic E-state index is 0.0174. The number of oxime groups is 1. The Morgan fingerprint density at radius 3 is 2.66 bits per heavy atom. The Balaban J connectivity index is 1.51. The van der Waals surface area contributed by atoms with Crippen LogP contribution >= 0.6 is 11.6 Å². The number of halogens is 2. The highest BCUT2D eigenvalue weighted by Gasteiger charge is 2.28. The van der Waals surface area contributed by atoms with Crippen LogP contribution in [0.25, 0.3) is 0 Å². The third-order valence-corrected chi connectivity index (χ3v) is 5.47. The smallest absolute Gasteiger partial charge is 0.257 e. The Labute approximate surface area is 191 Å². The Hall–Kier alpha value is -3.38. The van der Waals surface area contributed by atoms with Gasteiger partial charge in [-0.25, -0.2) is 4.39 Å². The van der Waals surface area contributed by atoms with Crippen LogP contribution in [0.4, 0.5) is 4.39 Å². The van der Waals surface area contributed by atoms with E-state index in [-0.39, 0.29) is 24.8 Å². The second-order valence-electron chi connectivity index (χ2n) is 7.49. The number of hydrogen-bond donors (Lipinski definition) is 0. The van der Waals surface area contributed by atoms with Crippen molar-refractivity contribution in [1.29, 1.82) is 0 Å². The Morgan fingerprint density at radius 2 is 1.94 bits per heavy atom. The molecular formula is C25H22ClFN2O3. The number of nitrogens with zero attached hydrogens (tertiary/aromatic N) is 2. The summed E-state index contributed by atoms with van der Waals surface area (Å²) in [5.74, 6) is -0.214. The number of carbonyl (C=O) groups is 1. The quantitative estimate of drug-likeness (QED) is 0.487. The van der Waals surface area contributed by atoms with Crippen LogP contribution in [0, 0.1) is 5.82 Å². The number of benzene rings is 3. The molecule has 3 aromatic carbocycles. The lowest BCUT2D eigenvalue weighted by atomic mass is 10.0. The normalized spacial score (nSPS) is 15.1. The first kappa shape index (κ1) is 21.8. The van der Waals surface area contributed by atoms with Crippen molar-refractivity contribution in [3.8, 4) is 5.75 Å². The maximum Gasteiger partial charge on any atom is 0.257 e. The first-order valence-corrected chi connectivity index (χ1v) is 10.6. The van der Waals surface area contributed by atoms with Gasteiger partial charge in [0, 0.05) is 18.0 Å². The second-order valence-corrected chi connectivity index (χ2v) is 7.93. The predicted octanol–water partition coefficient (Wildman–Crippen LogP) is 5.32. The number of ether oxygens (including phenoxy) is 1. The maximum absolute atomic E-state index is 14.3. The number of carbonyl (C=O) groups excluding carboxylic acids is 1. The molecule has 1 amide bonds. The highest BCUT2D eigenvalue weighted by molar-refractivity contribution is 6.30. The van der Waals surface area contributed by atoms with Gasteiger partial charge in [-0.1, -0.05) is 41.0 Å². The van der Waals surface area contributed by atoms with Crippen LogP contribution < -0.4 is 4.74 Å². The molecule has 1 aliphatic rings. The molecule has 164 valence electrons. The zero-order valence-corrected chi connectivity index (χ0v) is 18.3. The van der Waals surface area contributed by atoms with Crippen molar-refractivity contribution in [2.45, 2.75) is 19.1 Å². The van der Waals surface area contributed by atoms with Gasteiger partial charge in [0.05, 0.1) is 24.9 Å². The Morgan fingerprint density at radius 1 is 1.16 bits per heavy atom. The Kier molecular flexibility index (Phi) is 6.71. The van der Waals surface area contributed by atoms with E-state index in [2.05, 4.69) is 5.16 Å². The van der Waals surface area contributed by atoms with Crippen molar-refractivity contribution in [3.05, 3.63) is 100 Å². The van der Waals surface area contributed by atoms with Gasteiger partial charge in [-0.15, -0.1) is 0 Å². The van der Waals surface area contributed by atoms with Gasteiger partial charge in [-0.3, -0.25) is 4.79 Å². The largest absolute Gasteiger partial charge is 0.497 e. The molecule has 0 unspecified atom stereocenters. The van der Waals surface area contributed by atoms with E-state index in [1.54, 1.807) is 36.3 Å². The summed E-state index contributed by atoms with van der Waals surface area (Å²) in [4.78, 5) is 20.4. The van der Waals surface area contributed by atoms with E-state index in [0.717, 1.165) is 22.6 Å². The molecule has 1 aliphatic heterocycles. The molecule has 0 fully saturated rings. The lowest BCUT2D eigenvalue weighted by Crippen LogP contribution is -2.37. The molecule has 4 rings (SSSR count). The lowest BCUT2D eigenvalue weighted by Gasteiger charge is -2.25. The molecule has 3 aromatic rings. The van der Waals surface area contributed by atoms with Crippen LogP contribution in [0.2, 0.25) is 5.02 Å². The van der Waals surface area contributed by atoms with Crippen molar-refractivity contribution in [3.63, 3.8) is 0 Å². The predicted molar refractivity (Wildman–Crippen MR) is 122 cm³/mol. The molecule has 0 bridgehead atoms. The van der Waals surface area contributed by atoms with Gasteiger partial charge < -0.3 is 14.5 Å². The fourth-order valence-electron chi connectivity index (χ4n) is 3.61. The molecule has 32 heavy (non-hydrogen) atoms. The van der Waals surface area contributed by atoms with E-state index in [1.165, 1.54) is 12.1 Å². The summed E-state index contributed by atoms with van der Waals surface area (Å²) in [6.45, 7) is 0.522. The van der Waals surface area contributed by atoms with Gasteiger partial charge in [0.1, 0.15) is 11.6 Å². The van der Waals surface area contributed by atoms with E-state index in [1.807, 2.05) is 36.4 Å². The molecular weight excluding hydrogens is 431 g/mol. The topological polar surface area (TPSA) is 51.1 Å². The number of hydrogen-bond acceptors (Lipinski definition) is 4. The highest BCUT2D eigenvalue weighted by Crippen LogP contribution is 2.22. The number of rotatable bonds is 7. The zero-order valence-electron chi connectivity index (χ0n) is 17.5. The minimum Gasteiger partial charge on any atom is -0.497 e. The molecule has 0 saturated heterocycles. The van der Waals surface area contributed by atoms with Crippen LogP contribution in [0.5, 0.6) is 5.75 Å². The van der Waals surface area contributed by atoms with Crippen molar-refractivity contribution < 1.29 is 18.8 Å². The summed E-state index contributed by atoms with van der Waals surface area (Å²) >= 11 is 6.11. The molecule has 7 heteroatoms. The van der Waals surface area contributed by atoms with Gasteiger partial charge in [0.15, 0.2) is 6.10 Å². The van der Waals surface area contributed by atoms with Crippen LogP contribution in [-0.4, -0.2) is 36.3 Å². The summed E-state index contributed by atoms with van der Waals surface area (Å²) in [5, 5.41) is 4.78. The summed E-state index contributed by atoms with van der Waals surface area (Å²) < 4.78 is 19.5. The fraction of sp³-hybridized carbons (Fsp3) is 0.200. The van der Waals surface area contributed by atoms with Crippen LogP contribution in [0.15, 0.2) is 78.0 Å². The maximum atomic E-state index is 14.3. The summed E-state index contributed by atoms with van der Waals surface area (Å²) in [5.41, 5.74) is 2.58. The van der Waals surface area contributed by atoms with Crippen molar-refractivity contribution >= 4 is 23.2 Å². The van der Waals surface area contributed by atoms with Crippen LogP contribution in [0.1, 0.15) is 27.9 Å². The summed E-state index contributed by atoms with van der Waals surface area (Å²) in [7, 11) is 1.61. The Bertz CT molecular complexity index is 1130. The van der Waals surface area contributed by atoms with Crippen molar-refractivity contribution in [2.24, 2.45) is 5.16 Å². The number of amides is 1. The standard InChI is InChI=1S/C25H22ClFN2O3/c1-31-20-11-9-18(10-12-20)24-14-21(32-28-24)16-29(15-17-5-4-6-19(26)13-17)25(30)22-7-2-3-8-23(22)27/h2-13,21H,14-16H2,1H3/t21-/m0/s1. The highest BCUT2D eigenvalue weighted by atomic mass is 35.5. The first-order chi connectivity index (χ1) is 15.5. The molecule has 0 aromatic heterocycles. The SMILES string of the molecule is COc1ccc(C2=NO[C@H](CN(Cc3cccc(Cl)c3)C(=O)c3ccccc3F)C2)cc1. The van der Waals surface area contributed by atoms with Gasteiger partial charge in [0.2, 0.25) is 0 Å². The average molecular weight is 453 g/mol. The third kappa shape index (κ3) is 5.08. The second kappa shape index (κ2) is 9.83. The number of methoxy groups -OCH3 is 1. The average Bonchev–Trinajstić information content (AvgIpc) is 3.27. The molecule has 0 radical (unpaired) electrons. The summed E-state index contributed by atoms with van der Waals surface area (Å²) in [6, 6.07) is 20.8. The van der Waals surface area contributed by atoms with Crippen molar-refractivity contribution in [2.75, 3.05) is 13.7 Å². The molecule has 0 aliphatic carbocycles. The molecule has 1 heterocycles. The van der Waals surface area contributed by atoms with Gasteiger partial charge in [-0.05, 0) is 59.7 Å². The molecule has 1 atom stereocenters. The van der Waals surface area contributed by atoms with Gasteiger partial charge in [0.25, 0.3) is 5.91 Å². The van der Waals surface area contributed by atoms with E-state index < -0.39 is 11.7 Å². The molecule has 0 saturated carbocycles. The van der Waals surface area contributed by atoms with E-state index in [0.29, 0.717) is 11.4 Å². The summed E-state index contributed by atoms with van der Waals surface area (Å²) in [6.07, 6.45) is 0.185. The zero-order chi connectivity index (χ0) is 22.5. The van der Waals surface area contributed by atoms with E-state index in [9.17, 15) is 9.18 Å². The lowest BCUT2D eigenvalue weighted by molar-refractivity contribution is 0.0402. The van der Waals surface area contributed by atoms with Crippen molar-refractivity contribution in [1.82, 2.24) is 4.90 Å². The molecule has 0 N–H and O–H groups in total. The van der Waals surface area contributed by atoms with Crippen LogP contribution in [0.3, 0.4) is 0 Å². The van der Waals surface area contributed by atoms with Gasteiger partial charge in [-0.2, -0.15) is 0 Å². The van der Waals surface area contributed by atoms with Crippen LogP contribution in [-0.2, 0) is 11.4 Å². The van der Waals surface area contributed by atoms with Gasteiger partial charge >= 0.3 is 0 Å². The first-order valence-electron chi connectivity index (χ1n) is 10.2. The van der Waals surface area contributed by atoms with E-state index in [4.69, 9.17) is 21.2 Å². The monoisotopic (exact) mass is 452 g/mol. The molecule has 5 nitrogen and oxygen atoms in total. The van der Waals surface area contributed by atoms with E-state index >= 15 is 0 Å². The minimum atomic E-state index is -0.559. The third-order valence-electron chi connectivity index (χ3n) is 5.23. The fourth-order valence-corrected chi connectivity index (χ4v) is 3.82. The molecule has 0 spiro atoms.